The third-order valence-corrected chi connectivity index (χ3v) is 19.8. The van der Waals surface area contributed by atoms with E-state index < -0.39 is 34.2 Å². The SMILES string of the molecule is CC(C)C1=C2[C@H]3CC[C@@H]4[C@@]5(C)CC[C@H](OC(=O)[C@H]6C[C@@H](C(=O)O)C6(C)C)C(C)(C)[C@@H]5CC[C@@]4(C)[C@]3(C)CC[C@@]2(CC(=O)NCC2(NC(=O)c3ccc(Cl)cc3)CCC2)CC1=O. The molecule has 2 amide bonds. The monoisotopic (exact) mass is 858 g/mol. The van der Waals surface area contributed by atoms with Crippen LogP contribution in [0.15, 0.2) is 35.4 Å². The number of esters is 1. The molecule has 6 fully saturated rings. The molecule has 61 heavy (non-hydrogen) atoms. The van der Waals surface area contributed by atoms with E-state index in [0.29, 0.717) is 48.2 Å². The van der Waals surface area contributed by atoms with Gasteiger partial charge in [0.1, 0.15) is 6.10 Å². The first-order chi connectivity index (χ1) is 28.4. The van der Waals surface area contributed by atoms with Gasteiger partial charge in [0.15, 0.2) is 5.78 Å². The number of rotatable bonds is 10. The van der Waals surface area contributed by atoms with E-state index in [-0.39, 0.29) is 63.2 Å². The smallest absolute Gasteiger partial charge is 0.309 e. The third-order valence-electron chi connectivity index (χ3n) is 19.5. The van der Waals surface area contributed by atoms with Gasteiger partial charge in [-0.1, -0.05) is 79.5 Å². The van der Waals surface area contributed by atoms with Crippen LogP contribution in [-0.2, 0) is 23.9 Å². The van der Waals surface area contributed by atoms with Crippen molar-refractivity contribution < 1.29 is 33.8 Å². The lowest BCUT2D eigenvalue weighted by Crippen LogP contribution is -2.66. The number of nitrogens with one attached hydrogen (secondary N) is 2. The van der Waals surface area contributed by atoms with E-state index in [9.17, 15) is 29.1 Å². The van der Waals surface area contributed by atoms with E-state index in [1.165, 1.54) is 5.57 Å². The largest absolute Gasteiger partial charge is 0.481 e. The number of carbonyl (C=O) groups excluding carboxylic acids is 4. The zero-order valence-electron chi connectivity index (χ0n) is 38.2. The van der Waals surface area contributed by atoms with Crippen LogP contribution in [0.5, 0.6) is 0 Å². The Morgan fingerprint density at radius 2 is 1.51 bits per heavy atom. The second kappa shape index (κ2) is 14.9. The van der Waals surface area contributed by atoms with E-state index >= 15 is 0 Å². The highest BCUT2D eigenvalue weighted by Gasteiger charge is 2.70. The molecule has 0 aliphatic heterocycles. The van der Waals surface area contributed by atoms with E-state index in [0.717, 1.165) is 76.2 Å². The number of allylic oxidation sites excluding steroid dienone is 2. The third kappa shape index (κ3) is 6.76. The molecule has 6 saturated carbocycles. The molecular weight excluding hydrogens is 788 g/mol. The minimum Gasteiger partial charge on any atom is -0.481 e. The lowest BCUT2D eigenvalue weighted by molar-refractivity contribution is -0.236. The first kappa shape index (κ1) is 44.4. The number of ether oxygens (including phenoxy) is 1. The molecule has 0 heterocycles. The fourth-order valence-corrected chi connectivity index (χ4v) is 15.7. The number of halogens is 1. The van der Waals surface area contributed by atoms with Crippen molar-refractivity contribution in [2.45, 2.75) is 164 Å². The lowest BCUT2D eigenvalue weighted by Gasteiger charge is -2.72. The van der Waals surface area contributed by atoms with Crippen LogP contribution in [0.3, 0.4) is 0 Å². The molecule has 0 bridgehead atoms. The maximum atomic E-state index is 14.2. The number of fused-ring (bicyclic) bond motifs is 7. The number of Topliss-reactive ketones (excluding diaryl/α,β-unsaturated/α-hetero) is 1. The van der Waals surface area contributed by atoms with Crippen LogP contribution in [0.25, 0.3) is 0 Å². The molecule has 8 rings (SSSR count). The Balaban J connectivity index is 0.994. The summed E-state index contributed by atoms with van der Waals surface area (Å²) in [6.07, 6.45) is 11.2. The summed E-state index contributed by atoms with van der Waals surface area (Å²) in [6, 6.07) is 6.86. The van der Waals surface area contributed by atoms with Crippen LogP contribution in [0.1, 0.15) is 163 Å². The fourth-order valence-electron chi connectivity index (χ4n) is 15.6. The van der Waals surface area contributed by atoms with Gasteiger partial charge < -0.3 is 20.5 Å². The highest BCUT2D eigenvalue weighted by Crippen LogP contribution is 2.77. The predicted octanol–water partition coefficient (Wildman–Crippen LogP) is 10.1. The average Bonchev–Trinajstić information content (AvgIpc) is 3.45. The van der Waals surface area contributed by atoms with Crippen molar-refractivity contribution in [1.82, 2.24) is 10.6 Å². The van der Waals surface area contributed by atoms with Crippen LogP contribution < -0.4 is 10.6 Å². The summed E-state index contributed by atoms with van der Waals surface area (Å²) >= 11 is 6.06. The summed E-state index contributed by atoms with van der Waals surface area (Å²) in [7, 11) is 0. The molecule has 9 nitrogen and oxygen atoms in total. The van der Waals surface area contributed by atoms with E-state index in [1.54, 1.807) is 24.3 Å². The molecule has 7 aliphatic carbocycles. The van der Waals surface area contributed by atoms with Gasteiger partial charge >= 0.3 is 11.9 Å². The number of aliphatic carboxylic acids is 1. The molecule has 0 radical (unpaired) electrons. The van der Waals surface area contributed by atoms with Crippen LogP contribution in [0.4, 0.5) is 0 Å². The van der Waals surface area contributed by atoms with Gasteiger partial charge in [0, 0.05) is 40.8 Å². The number of ketones is 1. The second-order valence-electron chi connectivity index (χ2n) is 23.3. The number of carboxylic acids is 1. The number of amides is 2. The number of hydrogen-bond acceptors (Lipinski definition) is 6. The lowest BCUT2D eigenvalue weighted by atomic mass is 9.33. The first-order valence-corrected chi connectivity index (χ1v) is 23.9. The van der Waals surface area contributed by atoms with Gasteiger partial charge in [-0.2, -0.15) is 0 Å². The van der Waals surface area contributed by atoms with Crippen molar-refractivity contribution in [2.75, 3.05) is 6.54 Å². The summed E-state index contributed by atoms with van der Waals surface area (Å²) in [6.45, 7) is 20.6. The van der Waals surface area contributed by atoms with E-state index in [1.807, 2.05) is 13.8 Å². The molecule has 334 valence electrons. The number of carboxylic acid groups (broad SMARTS) is 1. The van der Waals surface area contributed by atoms with Crippen molar-refractivity contribution in [3.8, 4) is 0 Å². The Bertz CT molecular complexity index is 2030. The minimum absolute atomic E-state index is 0.0244. The van der Waals surface area contributed by atoms with Crippen LogP contribution >= 0.6 is 11.6 Å². The number of carbonyl (C=O) groups is 5. The van der Waals surface area contributed by atoms with Crippen LogP contribution in [-0.4, -0.2) is 52.8 Å². The Morgan fingerprint density at radius 3 is 2.11 bits per heavy atom. The van der Waals surface area contributed by atoms with Crippen LogP contribution in [0, 0.1) is 68.0 Å². The molecule has 10 atom stereocenters. The standard InChI is InChI=1S/C51H71ClN2O7/c1-29(2)40-35(55)26-50(27-39(56)53-28-51(19-10-20-51)54-42(57)30-11-13-31(52)14-12-30)24-23-48(8)32(41(40)50)15-16-37-47(7)21-18-38(46(5,6)36(47)17-22-49(37,48)9)61-44(60)34-25-33(43(58)59)45(34,3)4/h11-14,29,32-34,36-38H,10,15-28H2,1-9H3,(H,53,56)(H,54,57)(H,58,59)/t32-,33+,34-,36+,37-,38+,47+,48-,49-,50+/m1/s1. The maximum absolute atomic E-state index is 14.2. The summed E-state index contributed by atoms with van der Waals surface area (Å²) < 4.78 is 6.43. The Labute approximate surface area is 368 Å². The van der Waals surface area contributed by atoms with E-state index in [4.69, 9.17) is 16.3 Å². The fraction of sp³-hybridized carbons (Fsp3) is 0.745. The van der Waals surface area contributed by atoms with Gasteiger partial charge in [-0.3, -0.25) is 24.0 Å². The zero-order valence-corrected chi connectivity index (χ0v) is 39.0. The zero-order chi connectivity index (χ0) is 44.3. The molecule has 3 N–H and O–H groups in total. The van der Waals surface area contributed by atoms with Gasteiger partial charge in [-0.25, -0.2) is 0 Å². The summed E-state index contributed by atoms with van der Waals surface area (Å²) in [4.78, 5) is 67.1. The molecule has 1 aromatic carbocycles. The highest BCUT2D eigenvalue weighted by atomic mass is 35.5. The maximum Gasteiger partial charge on any atom is 0.309 e. The van der Waals surface area contributed by atoms with Crippen molar-refractivity contribution in [2.24, 2.45) is 68.0 Å². The number of benzene rings is 1. The van der Waals surface area contributed by atoms with Gasteiger partial charge in [0.25, 0.3) is 5.91 Å². The topological polar surface area (TPSA) is 139 Å². The Morgan fingerprint density at radius 1 is 0.820 bits per heavy atom. The molecule has 10 heteroatoms. The normalized spacial score (nSPS) is 39.0. The summed E-state index contributed by atoms with van der Waals surface area (Å²) in [5.41, 5.74) is 1.00. The molecule has 7 aliphatic rings. The highest BCUT2D eigenvalue weighted by molar-refractivity contribution is 6.30. The Hall–Kier alpha value is -3.20. The summed E-state index contributed by atoms with van der Waals surface area (Å²) in [5.74, 6) is -0.847. The first-order valence-electron chi connectivity index (χ1n) is 23.5. The van der Waals surface area contributed by atoms with Gasteiger partial charge in [0.2, 0.25) is 5.91 Å². The van der Waals surface area contributed by atoms with Crippen molar-refractivity contribution in [3.05, 3.63) is 46.0 Å². The summed E-state index contributed by atoms with van der Waals surface area (Å²) in [5, 5.41) is 16.7. The average molecular weight is 860 g/mol. The van der Waals surface area contributed by atoms with Crippen molar-refractivity contribution in [1.29, 1.82) is 0 Å². The predicted molar refractivity (Wildman–Crippen MR) is 235 cm³/mol. The number of hydrogen-bond donors (Lipinski definition) is 3. The molecule has 0 unspecified atom stereocenters. The van der Waals surface area contributed by atoms with Gasteiger partial charge in [-0.05, 0) is 152 Å². The van der Waals surface area contributed by atoms with Gasteiger partial charge in [-0.15, -0.1) is 0 Å². The molecule has 0 saturated heterocycles. The van der Waals surface area contributed by atoms with Gasteiger partial charge in [0.05, 0.1) is 17.4 Å². The molecular formula is C51H71ClN2O7. The van der Waals surface area contributed by atoms with E-state index in [2.05, 4.69) is 59.1 Å². The second-order valence-corrected chi connectivity index (χ2v) is 23.7. The quantitative estimate of drug-likeness (QED) is 0.199. The molecule has 1 aromatic rings. The van der Waals surface area contributed by atoms with Crippen molar-refractivity contribution in [3.63, 3.8) is 0 Å². The molecule has 0 spiro atoms. The van der Waals surface area contributed by atoms with Crippen LogP contribution in [0.2, 0.25) is 5.02 Å². The molecule has 0 aromatic heterocycles. The minimum atomic E-state index is -0.839. The van der Waals surface area contributed by atoms with Crippen molar-refractivity contribution >= 4 is 41.1 Å². The Kier molecular flexibility index (Phi) is 10.9.